The summed E-state index contributed by atoms with van der Waals surface area (Å²) < 4.78 is 21.3. The Morgan fingerprint density at radius 3 is 2.70 bits per heavy atom. The quantitative estimate of drug-likeness (QED) is 0.550. The summed E-state index contributed by atoms with van der Waals surface area (Å²) in [5.74, 6) is -0.168. The van der Waals surface area contributed by atoms with E-state index in [4.69, 9.17) is 18.9 Å². The molecule has 3 rings (SSSR count). The summed E-state index contributed by atoms with van der Waals surface area (Å²) in [6.07, 6.45) is 1.85. The van der Waals surface area contributed by atoms with E-state index >= 15 is 0 Å². The highest BCUT2D eigenvalue weighted by atomic mass is 16.6. The van der Waals surface area contributed by atoms with Gasteiger partial charge in [-0.3, -0.25) is 0 Å². The monoisotopic (exact) mass is 370 g/mol. The second-order valence-corrected chi connectivity index (χ2v) is 6.34. The van der Waals surface area contributed by atoms with Crippen molar-refractivity contribution in [2.45, 2.75) is 25.9 Å². The molecule has 0 amide bonds. The summed E-state index contributed by atoms with van der Waals surface area (Å²) in [7, 11) is 0. The molecule has 0 aliphatic carbocycles. The van der Waals surface area contributed by atoms with Crippen LogP contribution < -0.4 is 9.47 Å². The zero-order valence-corrected chi connectivity index (χ0v) is 15.2. The molecule has 0 bridgehead atoms. The van der Waals surface area contributed by atoms with Crippen LogP contribution in [0.1, 0.15) is 28.8 Å². The van der Waals surface area contributed by atoms with E-state index in [1.54, 1.807) is 24.3 Å². The standard InChI is InChI=1S/C21H22O6/c1-15-5-2-7-17(11-15)25-14-20(22)27-18-8-3-6-16(12-18)21(23)26-13-19-9-4-10-24-19/h2-3,5-8,11-12,19H,4,9-10,13-14H2,1H3. The van der Waals surface area contributed by atoms with Gasteiger partial charge in [-0.05, 0) is 55.7 Å². The lowest BCUT2D eigenvalue weighted by Crippen LogP contribution is -2.19. The minimum atomic E-state index is -0.554. The molecule has 2 aromatic rings. The summed E-state index contributed by atoms with van der Waals surface area (Å²) in [5.41, 5.74) is 1.35. The Bertz CT molecular complexity index is 795. The molecule has 1 atom stereocenters. The number of hydrogen-bond acceptors (Lipinski definition) is 6. The number of benzene rings is 2. The van der Waals surface area contributed by atoms with Gasteiger partial charge in [0.25, 0.3) is 0 Å². The van der Waals surface area contributed by atoms with Gasteiger partial charge in [-0.1, -0.05) is 18.2 Å². The minimum absolute atomic E-state index is 0.0336. The largest absolute Gasteiger partial charge is 0.482 e. The second kappa shape index (κ2) is 9.19. The molecule has 6 heteroatoms. The number of hydrogen-bond donors (Lipinski definition) is 0. The Kier molecular flexibility index (Phi) is 6.44. The van der Waals surface area contributed by atoms with E-state index in [0.29, 0.717) is 17.9 Å². The van der Waals surface area contributed by atoms with Gasteiger partial charge < -0.3 is 18.9 Å². The number of carbonyl (C=O) groups is 2. The molecule has 1 saturated heterocycles. The normalized spacial score (nSPS) is 16.0. The van der Waals surface area contributed by atoms with Crippen LogP contribution in [0, 0.1) is 6.92 Å². The Hall–Kier alpha value is -2.86. The summed E-state index contributed by atoms with van der Waals surface area (Å²) in [5, 5.41) is 0. The van der Waals surface area contributed by atoms with E-state index < -0.39 is 11.9 Å². The lowest BCUT2D eigenvalue weighted by Gasteiger charge is -2.11. The number of aryl methyl sites for hydroxylation is 1. The fraction of sp³-hybridized carbons (Fsp3) is 0.333. The fourth-order valence-corrected chi connectivity index (χ4v) is 2.72. The second-order valence-electron chi connectivity index (χ2n) is 6.34. The van der Waals surface area contributed by atoms with Crippen LogP contribution in [0.3, 0.4) is 0 Å². The van der Waals surface area contributed by atoms with Gasteiger partial charge in [0.05, 0.1) is 11.7 Å². The molecule has 0 saturated carbocycles. The van der Waals surface area contributed by atoms with Crippen molar-refractivity contribution in [1.29, 1.82) is 0 Å². The third-order valence-corrected chi connectivity index (χ3v) is 4.07. The maximum Gasteiger partial charge on any atom is 0.349 e. The van der Waals surface area contributed by atoms with Gasteiger partial charge in [0.15, 0.2) is 6.61 Å². The van der Waals surface area contributed by atoms with Gasteiger partial charge in [-0.15, -0.1) is 0 Å². The highest BCUT2D eigenvalue weighted by molar-refractivity contribution is 5.90. The van der Waals surface area contributed by atoms with Crippen LogP contribution in [0.2, 0.25) is 0 Å². The fourth-order valence-electron chi connectivity index (χ4n) is 2.72. The molecule has 0 radical (unpaired) electrons. The summed E-state index contributed by atoms with van der Waals surface area (Å²) in [4.78, 5) is 24.1. The summed E-state index contributed by atoms with van der Waals surface area (Å²) in [6, 6.07) is 13.7. The van der Waals surface area contributed by atoms with Crippen LogP contribution in [0.15, 0.2) is 48.5 Å². The Morgan fingerprint density at radius 1 is 1.11 bits per heavy atom. The molecular weight excluding hydrogens is 348 g/mol. The van der Waals surface area contributed by atoms with E-state index in [1.165, 1.54) is 6.07 Å². The number of carbonyl (C=O) groups excluding carboxylic acids is 2. The van der Waals surface area contributed by atoms with Gasteiger partial charge in [-0.2, -0.15) is 0 Å². The molecule has 1 unspecified atom stereocenters. The molecule has 0 spiro atoms. The Labute approximate surface area is 158 Å². The minimum Gasteiger partial charge on any atom is -0.482 e. The Balaban J connectivity index is 1.50. The van der Waals surface area contributed by atoms with Crippen molar-refractivity contribution in [2.75, 3.05) is 19.8 Å². The molecule has 142 valence electrons. The predicted octanol–water partition coefficient (Wildman–Crippen LogP) is 3.32. The lowest BCUT2D eigenvalue weighted by molar-refractivity contribution is -0.136. The first-order valence-corrected chi connectivity index (χ1v) is 8.89. The molecule has 2 aromatic carbocycles. The van der Waals surface area contributed by atoms with E-state index in [2.05, 4.69) is 0 Å². The van der Waals surface area contributed by atoms with Gasteiger partial charge in [0, 0.05) is 6.61 Å². The van der Waals surface area contributed by atoms with E-state index in [9.17, 15) is 9.59 Å². The number of esters is 2. The van der Waals surface area contributed by atoms with Crippen LogP contribution in [0.25, 0.3) is 0 Å². The third-order valence-electron chi connectivity index (χ3n) is 4.07. The van der Waals surface area contributed by atoms with Gasteiger partial charge >= 0.3 is 11.9 Å². The molecule has 1 aliphatic heterocycles. The molecule has 27 heavy (non-hydrogen) atoms. The highest BCUT2D eigenvalue weighted by Gasteiger charge is 2.18. The summed E-state index contributed by atoms with van der Waals surface area (Å²) in [6.45, 7) is 2.65. The average Bonchev–Trinajstić information content (AvgIpc) is 3.18. The lowest BCUT2D eigenvalue weighted by atomic mass is 10.2. The van der Waals surface area contributed by atoms with E-state index in [1.807, 2.05) is 25.1 Å². The molecule has 1 heterocycles. The summed E-state index contributed by atoms with van der Waals surface area (Å²) >= 11 is 0. The van der Waals surface area contributed by atoms with Crippen molar-refractivity contribution in [3.63, 3.8) is 0 Å². The zero-order valence-electron chi connectivity index (χ0n) is 15.2. The topological polar surface area (TPSA) is 71.1 Å². The maximum absolute atomic E-state index is 12.1. The van der Waals surface area contributed by atoms with Crippen LogP contribution in [0.4, 0.5) is 0 Å². The third kappa shape index (κ3) is 5.82. The average molecular weight is 370 g/mol. The number of ether oxygens (including phenoxy) is 4. The van der Waals surface area contributed by atoms with Gasteiger partial charge in [0.2, 0.25) is 0 Å². The van der Waals surface area contributed by atoms with Gasteiger partial charge in [0.1, 0.15) is 18.1 Å². The van der Waals surface area contributed by atoms with Crippen molar-refractivity contribution in [3.8, 4) is 11.5 Å². The SMILES string of the molecule is Cc1cccc(OCC(=O)Oc2cccc(C(=O)OCC3CCCO3)c2)c1. The van der Waals surface area contributed by atoms with Crippen molar-refractivity contribution in [3.05, 3.63) is 59.7 Å². The van der Waals surface area contributed by atoms with Crippen molar-refractivity contribution < 1.29 is 28.5 Å². The van der Waals surface area contributed by atoms with Crippen LogP contribution in [-0.4, -0.2) is 37.9 Å². The van der Waals surface area contributed by atoms with Crippen molar-refractivity contribution in [1.82, 2.24) is 0 Å². The van der Waals surface area contributed by atoms with E-state index in [-0.39, 0.29) is 25.1 Å². The highest BCUT2D eigenvalue weighted by Crippen LogP contribution is 2.17. The zero-order chi connectivity index (χ0) is 19.1. The van der Waals surface area contributed by atoms with E-state index in [0.717, 1.165) is 18.4 Å². The molecule has 1 fully saturated rings. The molecule has 1 aliphatic rings. The molecular formula is C21H22O6. The maximum atomic E-state index is 12.1. The van der Waals surface area contributed by atoms with Crippen LogP contribution in [0.5, 0.6) is 11.5 Å². The molecule has 0 aromatic heterocycles. The molecule has 0 N–H and O–H groups in total. The predicted molar refractivity (Wildman–Crippen MR) is 98.0 cm³/mol. The van der Waals surface area contributed by atoms with Crippen molar-refractivity contribution >= 4 is 11.9 Å². The van der Waals surface area contributed by atoms with Crippen molar-refractivity contribution in [2.24, 2.45) is 0 Å². The van der Waals surface area contributed by atoms with Crippen LogP contribution >= 0.6 is 0 Å². The Morgan fingerprint density at radius 2 is 1.93 bits per heavy atom. The van der Waals surface area contributed by atoms with Crippen LogP contribution in [-0.2, 0) is 14.3 Å². The first-order chi connectivity index (χ1) is 13.1. The number of rotatable bonds is 7. The smallest absolute Gasteiger partial charge is 0.349 e. The molecule has 6 nitrogen and oxygen atoms in total. The van der Waals surface area contributed by atoms with Gasteiger partial charge in [-0.25, -0.2) is 9.59 Å². The first kappa shape index (κ1) is 18.9. The first-order valence-electron chi connectivity index (χ1n) is 8.89.